The molecule has 18 heavy (non-hydrogen) atoms. The third-order valence-electron chi connectivity index (χ3n) is 2.65. The lowest BCUT2D eigenvalue weighted by Gasteiger charge is -2.05. The van der Waals surface area contributed by atoms with Crippen molar-refractivity contribution in [2.24, 2.45) is 0 Å². The molecule has 0 bridgehead atoms. The summed E-state index contributed by atoms with van der Waals surface area (Å²) >= 11 is 5.91. The molecule has 0 aliphatic carbocycles. The first-order valence-corrected chi connectivity index (χ1v) is 5.74. The van der Waals surface area contributed by atoms with E-state index in [1.165, 1.54) is 0 Å². The molecule has 5 nitrogen and oxygen atoms in total. The van der Waals surface area contributed by atoms with E-state index in [0.717, 1.165) is 11.3 Å². The lowest BCUT2D eigenvalue weighted by atomic mass is 10.1. The number of H-pyrrole nitrogens is 1. The van der Waals surface area contributed by atoms with E-state index < -0.39 is 0 Å². The molecule has 0 spiro atoms. The van der Waals surface area contributed by atoms with E-state index >= 15 is 0 Å². The molecule has 1 amide bonds. The SMILES string of the molecule is Cc1cc(C(=O)Nc2n[nH]c(C)c2N)ccc1Cl. The third kappa shape index (κ3) is 2.31. The minimum atomic E-state index is -0.270. The molecule has 2 rings (SSSR count). The number of rotatable bonds is 2. The van der Waals surface area contributed by atoms with Gasteiger partial charge in [-0.2, -0.15) is 5.10 Å². The summed E-state index contributed by atoms with van der Waals surface area (Å²) in [5.74, 6) is 0.0677. The van der Waals surface area contributed by atoms with Crippen molar-refractivity contribution in [1.29, 1.82) is 0 Å². The number of nitrogens with zero attached hydrogens (tertiary/aromatic N) is 1. The van der Waals surface area contributed by atoms with Crippen LogP contribution >= 0.6 is 11.6 Å². The molecule has 1 heterocycles. The number of carbonyl (C=O) groups is 1. The molecule has 4 N–H and O–H groups in total. The topological polar surface area (TPSA) is 83.8 Å². The minimum absolute atomic E-state index is 0.270. The van der Waals surface area contributed by atoms with Crippen molar-refractivity contribution >= 4 is 29.0 Å². The number of amides is 1. The monoisotopic (exact) mass is 264 g/mol. The normalized spacial score (nSPS) is 10.4. The Morgan fingerprint density at radius 1 is 1.44 bits per heavy atom. The smallest absolute Gasteiger partial charge is 0.256 e. The maximum absolute atomic E-state index is 12.0. The third-order valence-corrected chi connectivity index (χ3v) is 3.07. The second-order valence-corrected chi connectivity index (χ2v) is 4.44. The molecule has 0 saturated carbocycles. The Labute approximate surface area is 109 Å². The highest BCUT2D eigenvalue weighted by molar-refractivity contribution is 6.31. The van der Waals surface area contributed by atoms with Crippen molar-refractivity contribution < 1.29 is 4.79 Å². The van der Waals surface area contributed by atoms with Crippen LogP contribution < -0.4 is 11.1 Å². The Bertz CT molecular complexity index is 606. The number of hydrogen-bond donors (Lipinski definition) is 3. The number of nitrogens with one attached hydrogen (secondary N) is 2. The summed E-state index contributed by atoms with van der Waals surface area (Å²) in [6.45, 7) is 3.62. The Balaban J connectivity index is 2.22. The van der Waals surface area contributed by atoms with Gasteiger partial charge in [-0.1, -0.05) is 11.6 Å². The maximum atomic E-state index is 12.0. The molecule has 1 aromatic carbocycles. The average Bonchev–Trinajstić information content (AvgIpc) is 2.64. The fourth-order valence-electron chi connectivity index (χ4n) is 1.50. The van der Waals surface area contributed by atoms with Crippen LogP contribution in [0.1, 0.15) is 21.6 Å². The summed E-state index contributed by atoms with van der Waals surface area (Å²) in [5, 5.41) is 9.89. The van der Waals surface area contributed by atoms with Gasteiger partial charge in [0.05, 0.1) is 11.4 Å². The fraction of sp³-hybridized carbons (Fsp3) is 0.167. The zero-order valence-corrected chi connectivity index (χ0v) is 10.8. The molecule has 2 aromatic rings. The van der Waals surface area contributed by atoms with Crippen LogP contribution in [0.3, 0.4) is 0 Å². The molecule has 0 aliphatic rings. The second kappa shape index (κ2) is 4.70. The van der Waals surface area contributed by atoms with Gasteiger partial charge in [0.15, 0.2) is 5.82 Å². The number of carbonyl (C=O) groups excluding carboxylic acids is 1. The van der Waals surface area contributed by atoms with Gasteiger partial charge in [0.2, 0.25) is 0 Å². The zero-order valence-electron chi connectivity index (χ0n) is 10.0. The van der Waals surface area contributed by atoms with Gasteiger partial charge in [-0.25, -0.2) is 0 Å². The van der Waals surface area contributed by atoms with E-state index in [9.17, 15) is 4.79 Å². The highest BCUT2D eigenvalue weighted by atomic mass is 35.5. The largest absolute Gasteiger partial charge is 0.394 e. The van der Waals surface area contributed by atoms with Crippen molar-refractivity contribution in [3.05, 3.63) is 40.0 Å². The van der Waals surface area contributed by atoms with Crippen molar-refractivity contribution in [3.63, 3.8) is 0 Å². The van der Waals surface area contributed by atoms with Crippen molar-refractivity contribution in [1.82, 2.24) is 10.2 Å². The summed E-state index contributed by atoms with van der Waals surface area (Å²) in [5.41, 5.74) is 8.27. The van der Waals surface area contributed by atoms with E-state index in [1.807, 2.05) is 6.92 Å². The van der Waals surface area contributed by atoms with Crippen LogP contribution in [0.25, 0.3) is 0 Å². The minimum Gasteiger partial charge on any atom is -0.394 e. The van der Waals surface area contributed by atoms with E-state index in [0.29, 0.717) is 22.1 Å². The van der Waals surface area contributed by atoms with Crippen LogP contribution in [0, 0.1) is 13.8 Å². The van der Waals surface area contributed by atoms with Crippen LogP contribution in [0.15, 0.2) is 18.2 Å². The van der Waals surface area contributed by atoms with Crippen molar-refractivity contribution in [2.75, 3.05) is 11.1 Å². The number of nitrogen functional groups attached to an aromatic ring is 1. The number of nitrogens with two attached hydrogens (primary N) is 1. The highest BCUT2D eigenvalue weighted by Gasteiger charge is 2.12. The van der Waals surface area contributed by atoms with E-state index in [-0.39, 0.29) is 5.91 Å². The summed E-state index contributed by atoms with van der Waals surface area (Å²) in [6.07, 6.45) is 0. The van der Waals surface area contributed by atoms with Gasteiger partial charge in [0.25, 0.3) is 5.91 Å². The van der Waals surface area contributed by atoms with E-state index in [4.69, 9.17) is 17.3 Å². The average molecular weight is 265 g/mol. The molecular weight excluding hydrogens is 252 g/mol. The first-order chi connectivity index (χ1) is 8.49. The van der Waals surface area contributed by atoms with Gasteiger partial charge in [-0.3, -0.25) is 9.89 Å². The van der Waals surface area contributed by atoms with Gasteiger partial charge in [0.1, 0.15) is 0 Å². The Hall–Kier alpha value is -2.01. The van der Waals surface area contributed by atoms with Crippen LogP contribution in [-0.4, -0.2) is 16.1 Å². The molecule has 0 radical (unpaired) electrons. The molecule has 0 aliphatic heterocycles. The number of hydrogen-bond acceptors (Lipinski definition) is 3. The first kappa shape index (κ1) is 12.4. The number of aromatic nitrogens is 2. The highest BCUT2D eigenvalue weighted by Crippen LogP contribution is 2.20. The molecule has 0 fully saturated rings. The Morgan fingerprint density at radius 3 is 2.72 bits per heavy atom. The quantitative estimate of drug-likeness (QED) is 0.779. The predicted molar refractivity (Wildman–Crippen MR) is 71.9 cm³/mol. The molecule has 94 valence electrons. The van der Waals surface area contributed by atoms with Gasteiger partial charge in [0, 0.05) is 10.6 Å². The van der Waals surface area contributed by atoms with Crippen molar-refractivity contribution in [2.45, 2.75) is 13.8 Å². The number of aromatic amines is 1. The molecule has 0 saturated heterocycles. The first-order valence-electron chi connectivity index (χ1n) is 5.37. The summed E-state index contributed by atoms with van der Waals surface area (Å²) in [4.78, 5) is 12.0. The van der Waals surface area contributed by atoms with E-state index in [1.54, 1.807) is 25.1 Å². The molecule has 0 unspecified atom stereocenters. The lowest BCUT2D eigenvalue weighted by Crippen LogP contribution is -2.13. The van der Waals surface area contributed by atoms with Crippen molar-refractivity contribution in [3.8, 4) is 0 Å². The Morgan fingerprint density at radius 2 is 2.17 bits per heavy atom. The van der Waals surface area contributed by atoms with Gasteiger partial charge < -0.3 is 11.1 Å². The predicted octanol–water partition coefficient (Wildman–Crippen LogP) is 2.51. The maximum Gasteiger partial charge on any atom is 0.256 e. The fourth-order valence-corrected chi connectivity index (χ4v) is 1.62. The molecule has 6 heteroatoms. The van der Waals surface area contributed by atoms with Crippen LogP contribution in [0.5, 0.6) is 0 Å². The van der Waals surface area contributed by atoms with Gasteiger partial charge >= 0.3 is 0 Å². The zero-order chi connectivity index (χ0) is 13.3. The Kier molecular flexibility index (Phi) is 3.25. The second-order valence-electron chi connectivity index (χ2n) is 4.03. The van der Waals surface area contributed by atoms with Crippen LogP contribution in [0.4, 0.5) is 11.5 Å². The standard InChI is InChI=1S/C12H13ClN4O/c1-6-5-8(3-4-9(6)13)12(18)15-11-10(14)7(2)16-17-11/h3-5H,14H2,1-2H3,(H2,15,16,17,18). The van der Waals surface area contributed by atoms with Gasteiger partial charge in [-0.05, 0) is 37.6 Å². The van der Waals surface area contributed by atoms with Crippen LogP contribution in [-0.2, 0) is 0 Å². The molecular formula is C12H13ClN4O. The number of anilines is 2. The summed E-state index contributed by atoms with van der Waals surface area (Å²) in [7, 11) is 0. The molecule has 0 atom stereocenters. The number of benzene rings is 1. The summed E-state index contributed by atoms with van der Waals surface area (Å²) < 4.78 is 0. The lowest BCUT2D eigenvalue weighted by molar-refractivity contribution is 0.102. The van der Waals surface area contributed by atoms with E-state index in [2.05, 4.69) is 15.5 Å². The van der Waals surface area contributed by atoms with Crippen LogP contribution in [0.2, 0.25) is 5.02 Å². The number of aryl methyl sites for hydroxylation is 2. The van der Waals surface area contributed by atoms with Gasteiger partial charge in [-0.15, -0.1) is 0 Å². The summed E-state index contributed by atoms with van der Waals surface area (Å²) in [6, 6.07) is 5.05. The number of halogens is 1. The molecule has 1 aromatic heterocycles.